The standard InChI is InChI=1S/C18H26N4O3/c1-5-24-17-10-14(11-19-12-15-8-9-20-21-15)6-7-16(17)25-13(2)18(23)22(3)4/h6-10,13,19H,5,11-12H2,1-4H3,(H,20,21). The summed E-state index contributed by atoms with van der Waals surface area (Å²) >= 11 is 0. The van der Waals surface area contributed by atoms with Crippen LogP contribution in [0.5, 0.6) is 11.5 Å². The van der Waals surface area contributed by atoms with Crippen molar-refractivity contribution in [2.24, 2.45) is 0 Å². The van der Waals surface area contributed by atoms with Crippen LogP contribution in [0.3, 0.4) is 0 Å². The molecule has 0 aliphatic heterocycles. The monoisotopic (exact) mass is 346 g/mol. The summed E-state index contributed by atoms with van der Waals surface area (Å²) in [4.78, 5) is 13.5. The van der Waals surface area contributed by atoms with E-state index >= 15 is 0 Å². The Morgan fingerprint density at radius 3 is 2.72 bits per heavy atom. The number of carbonyl (C=O) groups is 1. The Morgan fingerprint density at radius 1 is 1.28 bits per heavy atom. The number of amides is 1. The highest BCUT2D eigenvalue weighted by molar-refractivity contribution is 5.80. The van der Waals surface area contributed by atoms with Crippen molar-refractivity contribution < 1.29 is 14.3 Å². The first-order valence-corrected chi connectivity index (χ1v) is 8.33. The third-order valence-corrected chi connectivity index (χ3v) is 3.60. The Morgan fingerprint density at radius 2 is 2.08 bits per heavy atom. The molecule has 0 radical (unpaired) electrons. The summed E-state index contributed by atoms with van der Waals surface area (Å²) in [7, 11) is 3.42. The summed E-state index contributed by atoms with van der Waals surface area (Å²) in [5.74, 6) is 1.12. The number of H-pyrrole nitrogens is 1. The molecule has 0 saturated carbocycles. The first kappa shape index (κ1) is 18.8. The molecule has 1 heterocycles. The van der Waals surface area contributed by atoms with Gasteiger partial charge in [-0.2, -0.15) is 5.10 Å². The first-order chi connectivity index (χ1) is 12.0. The van der Waals surface area contributed by atoms with Gasteiger partial charge in [0.05, 0.1) is 6.61 Å². The second kappa shape index (κ2) is 9.08. The van der Waals surface area contributed by atoms with E-state index in [0.717, 1.165) is 11.3 Å². The minimum atomic E-state index is -0.571. The average Bonchev–Trinajstić information content (AvgIpc) is 3.09. The van der Waals surface area contributed by atoms with Gasteiger partial charge in [0, 0.05) is 39.1 Å². The molecular formula is C18H26N4O3. The summed E-state index contributed by atoms with van der Waals surface area (Å²) in [6.07, 6.45) is 1.16. The van der Waals surface area contributed by atoms with Gasteiger partial charge in [-0.3, -0.25) is 9.89 Å². The Bertz CT molecular complexity index is 671. The minimum Gasteiger partial charge on any atom is -0.490 e. The lowest BCUT2D eigenvalue weighted by Gasteiger charge is -2.20. The summed E-state index contributed by atoms with van der Waals surface area (Å²) in [5, 5.41) is 10.2. The fourth-order valence-corrected chi connectivity index (χ4v) is 2.36. The van der Waals surface area contributed by atoms with E-state index in [2.05, 4.69) is 15.5 Å². The number of ether oxygens (including phenoxy) is 2. The van der Waals surface area contributed by atoms with Crippen molar-refractivity contribution >= 4 is 5.91 Å². The van der Waals surface area contributed by atoms with Gasteiger partial charge in [0.2, 0.25) is 0 Å². The molecule has 2 rings (SSSR count). The molecule has 0 spiro atoms. The predicted molar refractivity (Wildman–Crippen MR) is 95.5 cm³/mol. The van der Waals surface area contributed by atoms with E-state index in [1.165, 1.54) is 4.90 Å². The molecule has 1 amide bonds. The number of rotatable bonds is 9. The third kappa shape index (κ3) is 5.49. The molecule has 0 bridgehead atoms. The van der Waals surface area contributed by atoms with E-state index in [4.69, 9.17) is 9.47 Å². The zero-order valence-electron chi connectivity index (χ0n) is 15.2. The van der Waals surface area contributed by atoms with Crippen LogP contribution in [0.2, 0.25) is 0 Å². The quantitative estimate of drug-likeness (QED) is 0.725. The molecule has 1 aromatic carbocycles. The summed E-state index contributed by atoms with van der Waals surface area (Å²) in [6.45, 7) is 5.57. The summed E-state index contributed by atoms with van der Waals surface area (Å²) in [6, 6.07) is 7.67. The predicted octanol–water partition coefficient (Wildman–Crippen LogP) is 1.95. The van der Waals surface area contributed by atoms with Crippen LogP contribution < -0.4 is 14.8 Å². The minimum absolute atomic E-state index is 0.0900. The van der Waals surface area contributed by atoms with Gasteiger partial charge in [-0.1, -0.05) is 6.07 Å². The normalized spacial score (nSPS) is 11.8. The topological polar surface area (TPSA) is 79.5 Å². The van der Waals surface area contributed by atoms with Crippen LogP contribution in [0.4, 0.5) is 0 Å². The number of hydrogen-bond acceptors (Lipinski definition) is 5. The number of aromatic nitrogens is 2. The summed E-state index contributed by atoms with van der Waals surface area (Å²) in [5.41, 5.74) is 2.10. The average molecular weight is 346 g/mol. The van der Waals surface area contributed by atoms with Crippen molar-refractivity contribution in [1.82, 2.24) is 20.4 Å². The molecule has 136 valence electrons. The maximum atomic E-state index is 12.0. The van der Waals surface area contributed by atoms with Gasteiger partial charge < -0.3 is 19.7 Å². The van der Waals surface area contributed by atoms with E-state index in [1.54, 1.807) is 27.2 Å². The zero-order chi connectivity index (χ0) is 18.2. The van der Waals surface area contributed by atoms with E-state index in [0.29, 0.717) is 31.2 Å². The molecule has 25 heavy (non-hydrogen) atoms. The number of likely N-dealkylation sites (N-methyl/N-ethyl adjacent to an activating group) is 1. The second-order valence-electron chi connectivity index (χ2n) is 5.89. The number of carbonyl (C=O) groups excluding carboxylic acids is 1. The van der Waals surface area contributed by atoms with Crippen molar-refractivity contribution in [3.63, 3.8) is 0 Å². The first-order valence-electron chi connectivity index (χ1n) is 8.33. The molecular weight excluding hydrogens is 320 g/mol. The van der Waals surface area contributed by atoms with Crippen molar-refractivity contribution in [2.45, 2.75) is 33.0 Å². The fourth-order valence-electron chi connectivity index (χ4n) is 2.36. The maximum Gasteiger partial charge on any atom is 0.262 e. The van der Waals surface area contributed by atoms with Crippen LogP contribution >= 0.6 is 0 Å². The number of aromatic amines is 1. The van der Waals surface area contributed by atoms with Gasteiger partial charge in [0.1, 0.15) is 0 Å². The Labute approximate surface area is 148 Å². The van der Waals surface area contributed by atoms with Crippen molar-refractivity contribution in [3.8, 4) is 11.5 Å². The van der Waals surface area contributed by atoms with Crippen molar-refractivity contribution in [2.75, 3.05) is 20.7 Å². The van der Waals surface area contributed by atoms with Gasteiger partial charge in [-0.15, -0.1) is 0 Å². The molecule has 7 heteroatoms. The van der Waals surface area contributed by atoms with Gasteiger partial charge >= 0.3 is 0 Å². The smallest absolute Gasteiger partial charge is 0.262 e. The Balaban J connectivity index is 2.01. The molecule has 1 unspecified atom stereocenters. The van der Waals surface area contributed by atoms with Crippen LogP contribution in [0.1, 0.15) is 25.1 Å². The van der Waals surface area contributed by atoms with Crippen LogP contribution in [0.25, 0.3) is 0 Å². The van der Waals surface area contributed by atoms with Crippen LogP contribution in [0, 0.1) is 0 Å². The van der Waals surface area contributed by atoms with E-state index < -0.39 is 6.10 Å². The van der Waals surface area contributed by atoms with Crippen LogP contribution in [-0.2, 0) is 17.9 Å². The van der Waals surface area contributed by atoms with Crippen LogP contribution in [-0.4, -0.2) is 47.8 Å². The van der Waals surface area contributed by atoms with Crippen LogP contribution in [0.15, 0.2) is 30.5 Å². The molecule has 1 atom stereocenters. The lowest BCUT2D eigenvalue weighted by atomic mass is 10.2. The highest BCUT2D eigenvalue weighted by Gasteiger charge is 2.18. The van der Waals surface area contributed by atoms with Gasteiger partial charge in [-0.25, -0.2) is 0 Å². The van der Waals surface area contributed by atoms with Gasteiger partial charge in [0.25, 0.3) is 5.91 Å². The van der Waals surface area contributed by atoms with Gasteiger partial charge in [-0.05, 0) is 37.6 Å². The lowest BCUT2D eigenvalue weighted by Crippen LogP contribution is -2.35. The SMILES string of the molecule is CCOc1cc(CNCc2ccn[nH]2)ccc1OC(C)C(=O)N(C)C. The molecule has 1 aromatic heterocycles. The molecule has 0 saturated heterocycles. The van der Waals surface area contributed by atoms with Gasteiger partial charge in [0.15, 0.2) is 17.6 Å². The maximum absolute atomic E-state index is 12.0. The highest BCUT2D eigenvalue weighted by atomic mass is 16.5. The fraction of sp³-hybridized carbons (Fsp3) is 0.444. The number of nitrogens with one attached hydrogen (secondary N) is 2. The highest BCUT2D eigenvalue weighted by Crippen LogP contribution is 2.29. The molecule has 0 aliphatic rings. The molecule has 0 aliphatic carbocycles. The van der Waals surface area contributed by atoms with Crippen molar-refractivity contribution in [1.29, 1.82) is 0 Å². The lowest BCUT2D eigenvalue weighted by molar-refractivity contribution is -0.135. The van der Waals surface area contributed by atoms with E-state index in [1.807, 2.05) is 31.2 Å². The Hall–Kier alpha value is -2.54. The number of benzene rings is 1. The molecule has 0 fully saturated rings. The van der Waals surface area contributed by atoms with E-state index in [9.17, 15) is 4.79 Å². The zero-order valence-corrected chi connectivity index (χ0v) is 15.2. The number of hydrogen-bond donors (Lipinski definition) is 2. The largest absolute Gasteiger partial charge is 0.490 e. The third-order valence-electron chi connectivity index (χ3n) is 3.60. The molecule has 2 N–H and O–H groups in total. The summed E-state index contributed by atoms with van der Waals surface area (Å²) < 4.78 is 11.5. The Kier molecular flexibility index (Phi) is 6.82. The molecule has 2 aromatic rings. The molecule has 7 nitrogen and oxygen atoms in total. The second-order valence-corrected chi connectivity index (χ2v) is 5.89. The number of nitrogens with zero attached hydrogens (tertiary/aromatic N) is 2. The van der Waals surface area contributed by atoms with Crippen molar-refractivity contribution in [3.05, 3.63) is 41.7 Å². The van der Waals surface area contributed by atoms with E-state index in [-0.39, 0.29) is 5.91 Å².